The highest BCUT2D eigenvalue weighted by Gasteiger charge is 2.13. The van der Waals surface area contributed by atoms with Crippen molar-refractivity contribution < 1.29 is 0 Å². The van der Waals surface area contributed by atoms with Crippen LogP contribution in [0, 0.1) is 0 Å². The molecule has 2 aromatic heterocycles. The number of benzene rings is 1. The number of rotatable bonds is 4. The number of anilines is 3. The number of nitrogens with one attached hydrogen (secondary N) is 2. The lowest BCUT2D eigenvalue weighted by molar-refractivity contribution is 0.613. The molecule has 6 nitrogen and oxygen atoms in total. The minimum Gasteiger partial charge on any atom is -0.350 e. The van der Waals surface area contributed by atoms with E-state index >= 15 is 0 Å². The lowest BCUT2D eigenvalue weighted by atomic mass is 10.1. The summed E-state index contributed by atoms with van der Waals surface area (Å²) in [5, 5.41) is 16.1. The standard InChI is InChI=1S/C19H22N6/c1-2-4-10-15(9-3-1)22-19-24-17(13-21-25-19)23-16-11-5-7-14-8-6-12-20-18(14)16/h5-8,11-13,15H,1-4,9-10H2,(H2,22,23,24,25). The Kier molecular flexibility index (Phi) is 4.68. The van der Waals surface area contributed by atoms with Crippen molar-refractivity contribution in [3.8, 4) is 0 Å². The molecule has 2 heterocycles. The fourth-order valence-corrected chi connectivity index (χ4v) is 3.37. The molecule has 0 atom stereocenters. The fourth-order valence-electron chi connectivity index (χ4n) is 3.37. The van der Waals surface area contributed by atoms with Gasteiger partial charge in [-0.2, -0.15) is 10.1 Å². The Morgan fingerprint density at radius 3 is 2.68 bits per heavy atom. The van der Waals surface area contributed by atoms with Crippen LogP contribution in [0.2, 0.25) is 0 Å². The van der Waals surface area contributed by atoms with Crippen LogP contribution in [-0.4, -0.2) is 26.2 Å². The van der Waals surface area contributed by atoms with Gasteiger partial charge in [-0.1, -0.05) is 43.9 Å². The molecular weight excluding hydrogens is 312 g/mol. The molecule has 25 heavy (non-hydrogen) atoms. The number of hydrogen-bond donors (Lipinski definition) is 2. The average Bonchev–Trinajstić information content (AvgIpc) is 2.91. The van der Waals surface area contributed by atoms with Crippen molar-refractivity contribution in [2.75, 3.05) is 10.6 Å². The molecule has 2 N–H and O–H groups in total. The Morgan fingerprint density at radius 1 is 0.960 bits per heavy atom. The highest BCUT2D eigenvalue weighted by molar-refractivity contribution is 5.91. The number of nitrogens with zero attached hydrogens (tertiary/aromatic N) is 4. The summed E-state index contributed by atoms with van der Waals surface area (Å²) in [7, 11) is 0. The molecule has 1 aliphatic carbocycles. The van der Waals surface area contributed by atoms with Gasteiger partial charge in [0.05, 0.1) is 17.4 Å². The van der Waals surface area contributed by atoms with Crippen LogP contribution in [0.25, 0.3) is 10.9 Å². The Morgan fingerprint density at radius 2 is 1.80 bits per heavy atom. The minimum atomic E-state index is 0.443. The van der Waals surface area contributed by atoms with E-state index in [0.717, 1.165) is 16.6 Å². The lowest BCUT2D eigenvalue weighted by Gasteiger charge is -2.16. The number of pyridine rings is 1. The Balaban J connectivity index is 1.53. The first-order valence-corrected chi connectivity index (χ1v) is 8.95. The molecule has 1 saturated carbocycles. The molecule has 0 saturated heterocycles. The zero-order chi connectivity index (χ0) is 16.9. The van der Waals surface area contributed by atoms with Crippen LogP contribution in [0.3, 0.4) is 0 Å². The zero-order valence-corrected chi connectivity index (χ0v) is 14.2. The first kappa shape index (κ1) is 15.7. The second-order valence-corrected chi connectivity index (χ2v) is 6.50. The summed E-state index contributed by atoms with van der Waals surface area (Å²) in [5.41, 5.74) is 1.83. The quantitative estimate of drug-likeness (QED) is 0.693. The number of hydrogen-bond acceptors (Lipinski definition) is 6. The monoisotopic (exact) mass is 334 g/mol. The number of aromatic nitrogens is 4. The van der Waals surface area contributed by atoms with E-state index in [9.17, 15) is 0 Å². The first-order chi connectivity index (χ1) is 12.4. The summed E-state index contributed by atoms with van der Waals surface area (Å²) >= 11 is 0. The van der Waals surface area contributed by atoms with Crippen molar-refractivity contribution >= 4 is 28.4 Å². The first-order valence-electron chi connectivity index (χ1n) is 8.95. The third kappa shape index (κ3) is 3.84. The van der Waals surface area contributed by atoms with Crippen LogP contribution in [0.4, 0.5) is 17.5 Å². The smallest absolute Gasteiger partial charge is 0.244 e. The third-order valence-electron chi connectivity index (χ3n) is 4.64. The Labute approximate surface area is 147 Å². The van der Waals surface area contributed by atoms with E-state index in [1.807, 2.05) is 30.3 Å². The number of para-hydroxylation sites is 1. The lowest BCUT2D eigenvalue weighted by Crippen LogP contribution is -2.20. The molecule has 128 valence electrons. The van der Waals surface area contributed by atoms with Gasteiger partial charge in [0.1, 0.15) is 0 Å². The summed E-state index contributed by atoms with van der Waals surface area (Å²) < 4.78 is 0. The summed E-state index contributed by atoms with van der Waals surface area (Å²) in [4.78, 5) is 9.04. The molecule has 0 unspecified atom stereocenters. The zero-order valence-electron chi connectivity index (χ0n) is 14.2. The van der Waals surface area contributed by atoms with E-state index in [1.54, 1.807) is 12.4 Å². The predicted octanol–water partition coefficient (Wildman–Crippen LogP) is 4.30. The minimum absolute atomic E-state index is 0.443. The third-order valence-corrected chi connectivity index (χ3v) is 4.64. The van der Waals surface area contributed by atoms with E-state index in [4.69, 9.17) is 0 Å². The van der Waals surface area contributed by atoms with Crippen molar-refractivity contribution in [3.05, 3.63) is 42.7 Å². The van der Waals surface area contributed by atoms with Crippen molar-refractivity contribution in [2.45, 2.75) is 44.6 Å². The Bertz CT molecular complexity index is 837. The summed E-state index contributed by atoms with van der Waals surface area (Å²) in [6, 6.07) is 10.5. The largest absolute Gasteiger partial charge is 0.350 e. The highest BCUT2D eigenvalue weighted by atomic mass is 15.3. The second-order valence-electron chi connectivity index (χ2n) is 6.50. The molecule has 6 heteroatoms. The maximum Gasteiger partial charge on any atom is 0.244 e. The summed E-state index contributed by atoms with van der Waals surface area (Å²) in [5.74, 6) is 1.26. The molecular formula is C19H22N6. The van der Waals surface area contributed by atoms with Gasteiger partial charge >= 0.3 is 0 Å². The SMILES string of the molecule is c1cnc2c(Nc3cnnc(NC4CCCCCC4)n3)cccc2c1. The van der Waals surface area contributed by atoms with Gasteiger partial charge in [0.15, 0.2) is 5.82 Å². The molecule has 0 aliphatic heterocycles. The summed E-state index contributed by atoms with van der Waals surface area (Å²) in [6.07, 6.45) is 11.0. The van der Waals surface area contributed by atoms with Crippen molar-refractivity contribution in [1.82, 2.24) is 20.2 Å². The van der Waals surface area contributed by atoms with Gasteiger partial charge in [0.2, 0.25) is 5.95 Å². The van der Waals surface area contributed by atoms with Gasteiger partial charge < -0.3 is 10.6 Å². The molecule has 3 aromatic rings. The van der Waals surface area contributed by atoms with E-state index in [0.29, 0.717) is 17.8 Å². The second kappa shape index (κ2) is 7.42. The maximum absolute atomic E-state index is 4.58. The van der Waals surface area contributed by atoms with Crippen LogP contribution in [0.1, 0.15) is 38.5 Å². The maximum atomic E-state index is 4.58. The molecule has 1 aliphatic rings. The van der Waals surface area contributed by atoms with Gasteiger partial charge in [-0.15, -0.1) is 5.10 Å². The van der Waals surface area contributed by atoms with E-state index in [2.05, 4.69) is 30.8 Å². The molecule has 0 radical (unpaired) electrons. The van der Waals surface area contributed by atoms with E-state index in [1.165, 1.54) is 38.5 Å². The number of fused-ring (bicyclic) bond motifs is 1. The predicted molar refractivity (Wildman–Crippen MR) is 100.0 cm³/mol. The van der Waals surface area contributed by atoms with Crippen LogP contribution in [0.15, 0.2) is 42.7 Å². The molecule has 0 spiro atoms. The van der Waals surface area contributed by atoms with Crippen molar-refractivity contribution in [1.29, 1.82) is 0 Å². The average molecular weight is 334 g/mol. The molecule has 4 rings (SSSR count). The molecule has 1 aromatic carbocycles. The van der Waals surface area contributed by atoms with Gasteiger partial charge in [-0.25, -0.2) is 0 Å². The Hall–Kier alpha value is -2.76. The van der Waals surface area contributed by atoms with Crippen LogP contribution in [0.5, 0.6) is 0 Å². The summed E-state index contributed by atoms with van der Waals surface area (Å²) in [6.45, 7) is 0. The van der Waals surface area contributed by atoms with Crippen LogP contribution >= 0.6 is 0 Å². The van der Waals surface area contributed by atoms with E-state index < -0.39 is 0 Å². The van der Waals surface area contributed by atoms with Gasteiger partial charge in [0, 0.05) is 17.6 Å². The normalized spacial score (nSPS) is 15.7. The van der Waals surface area contributed by atoms with Crippen LogP contribution < -0.4 is 10.6 Å². The van der Waals surface area contributed by atoms with Gasteiger partial charge in [-0.05, 0) is 25.0 Å². The van der Waals surface area contributed by atoms with E-state index in [-0.39, 0.29) is 0 Å². The fraction of sp³-hybridized carbons (Fsp3) is 0.368. The van der Waals surface area contributed by atoms with Crippen molar-refractivity contribution in [3.63, 3.8) is 0 Å². The molecule has 1 fully saturated rings. The molecule has 0 amide bonds. The highest BCUT2D eigenvalue weighted by Crippen LogP contribution is 2.24. The topological polar surface area (TPSA) is 75.6 Å². The van der Waals surface area contributed by atoms with Crippen molar-refractivity contribution in [2.24, 2.45) is 0 Å². The molecule has 0 bridgehead atoms. The van der Waals surface area contributed by atoms with Crippen LogP contribution in [-0.2, 0) is 0 Å². The van der Waals surface area contributed by atoms with Gasteiger partial charge in [0.25, 0.3) is 0 Å². The van der Waals surface area contributed by atoms with Gasteiger partial charge in [-0.3, -0.25) is 4.98 Å².